The first-order chi connectivity index (χ1) is 13.0. The molecule has 0 N–H and O–H groups in total. The van der Waals surface area contributed by atoms with E-state index in [0.29, 0.717) is 28.0 Å². The van der Waals surface area contributed by atoms with E-state index in [-0.39, 0.29) is 23.8 Å². The summed E-state index contributed by atoms with van der Waals surface area (Å²) >= 11 is 1.43. The smallest absolute Gasteiger partial charge is 0.191 e. The number of rotatable bonds is 7. The zero-order valence-electron chi connectivity index (χ0n) is 15.4. The first-order valence-corrected chi connectivity index (χ1v) is 9.67. The van der Waals surface area contributed by atoms with Crippen molar-refractivity contribution in [3.8, 4) is 5.75 Å². The maximum atomic E-state index is 13.9. The van der Waals surface area contributed by atoms with Gasteiger partial charge >= 0.3 is 0 Å². The number of benzene rings is 2. The maximum Gasteiger partial charge on any atom is 0.191 e. The van der Waals surface area contributed by atoms with E-state index in [9.17, 15) is 8.78 Å². The number of nitrogens with zero attached hydrogens (tertiary/aromatic N) is 3. The third-order valence-corrected chi connectivity index (χ3v) is 5.00. The molecule has 1 unspecified atom stereocenters. The molecule has 0 saturated carbocycles. The van der Waals surface area contributed by atoms with Gasteiger partial charge in [-0.2, -0.15) is 0 Å². The maximum absolute atomic E-state index is 13.9. The first kappa shape index (κ1) is 19.4. The standard InChI is InChI=1S/C20H21F2N3OS/c1-13(2)25-19(14(3)26-17-10-8-16(21)9-11-17)23-24-20(25)27-12-15-6-4-5-7-18(15)22/h4-11,13-14H,12H2,1-3H3. The van der Waals surface area contributed by atoms with Gasteiger partial charge in [-0.05, 0) is 56.7 Å². The highest BCUT2D eigenvalue weighted by Gasteiger charge is 2.21. The molecule has 1 aromatic heterocycles. The Morgan fingerprint density at radius 3 is 2.37 bits per heavy atom. The van der Waals surface area contributed by atoms with E-state index in [1.807, 2.05) is 31.4 Å². The highest BCUT2D eigenvalue weighted by molar-refractivity contribution is 7.98. The van der Waals surface area contributed by atoms with Gasteiger partial charge in [0.2, 0.25) is 0 Å². The summed E-state index contributed by atoms with van der Waals surface area (Å²) in [5.74, 6) is 1.15. The Labute approximate surface area is 161 Å². The van der Waals surface area contributed by atoms with Gasteiger partial charge in [0, 0.05) is 11.8 Å². The number of aromatic nitrogens is 3. The largest absolute Gasteiger partial charge is 0.483 e. The van der Waals surface area contributed by atoms with Gasteiger partial charge < -0.3 is 9.30 Å². The Morgan fingerprint density at radius 1 is 1.00 bits per heavy atom. The molecule has 142 valence electrons. The Balaban J connectivity index is 1.78. The van der Waals surface area contributed by atoms with E-state index in [2.05, 4.69) is 10.2 Å². The molecule has 27 heavy (non-hydrogen) atoms. The van der Waals surface area contributed by atoms with Gasteiger partial charge in [0.15, 0.2) is 17.1 Å². The van der Waals surface area contributed by atoms with Crippen LogP contribution in [-0.2, 0) is 5.75 Å². The molecule has 0 aliphatic heterocycles. The van der Waals surface area contributed by atoms with Crippen molar-refractivity contribution in [3.05, 3.63) is 71.6 Å². The van der Waals surface area contributed by atoms with E-state index in [0.717, 1.165) is 0 Å². The Kier molecular flexibility index (Phi) is 6.11. The average Bonchev–Trinajstić information content (AvgIpc) is 3.07. The van der Waals surface area contributed by atoms with Crippen LogP contribution in [0.15, 0.2) is 53.7 Å². The van der Waals surface area contributed by atoms with Crippen LogP contribution in [0.5, 0.6) is 5.75 Å². The summed E-state index contributed by atoms with van der Waals surface area (Å²) < 4.78 is 34.8. The van der Waals surface area contributed by atoms with Crippen molar-refractivity contribution in [2.75, 3.05) is 0 Å². The molecule has 0 fully saturated rings. The molecular formula is C20H21F2N3OS. The molecule has 0 bridgehead atoms. The number of ether oxygens (including phenoxy) is 1. The summed E-state index contributed by atoms with van der Waals surface area (Å²) in [7, 11) is 0. The topological polar surface area (TPSA) is 39.9 Å². The van der Waals surface area contributed by atoms with Crippen molar-refractivity contribution in [1.82, 2.24) is 14.8 Å². The van der Waals surface area contributed by atoms with Gasteiger partial charge in [0.25, 0.3) is 0 Å². The zero-order valence-corrected chi connectivity index (χ0v) is 16.2. The molecule has 7 heteroatoms. The van der Waals surface area contributed by atoms with Crippen molar-refractivity contribution >= 4 is 11.8 Å². The van der Waals surface area contributed by atoms with E-state index in [4.69, 9.17) is 4.74 Å². The summed E-state index contributed by atoms with van der Waals surface area (Å²) in [6, 6.07) is 12.7. The van der Waals surface area contributed by atoms with Crippen molar-refractivity contribution < 1.29 is 13.5 Å². The predicted octanol–water partition coefficient (Wildman–Crippen LogP) is 5.57. The SMILES string of the molecule is CC(Oc1ccc(F)cc1)c1nnc(SCc2ccccc2F)n1C(C)C. The second kappa shape index (κ2) is 8.52. The van der Waals surface area contributed by atoms with Crippen molar-refractivity contribution in [2.24, 2.45) is 0 Å². The summed E-state index contributed by atoms with van der Waals surface area (Å²) in [4.78, 5) is 0. The Bertz CT molecular complexity index is 896. The van der Waals surface area contributed by atoms with Crippen LogP contribution in [0.1, 0.15) is 44.3 Å². The van der Waals surface area contributed by atoms with Crippen LogP contribution in [0, 0.1) is 11.6 Å². The Morgan fingerprint density at radius 2 is 1.70 bits per heavy atom. The van der Waals surface area contributed by atoms with Crippen LogP contribution in [0.25, 0.3) is 0 Å². The van der Waals surface area contributed by atoms with E-state index < -0.39 is 0 Å². The molecule has 1 heterocycles. The minimum Gasteiger partial charge on any atom is -0.483 e. The van der Waals surface area contributed by atoms with Crippen LogP contribution >= 0.6 is 11.8 Å². The number of hydrogen-bond donors (Lipinski definition) is 0. The Hall–Kier alpha value is -2.41. The van der Waals surface area contributed by atoms with E-state index in [1.54, 1.807) is 24.3 Å². The fourth-order valence-electron chi connectivity index (χ4n) is 2.68. The predicted molar refractivity (Wildman–Crippen MR) is 102 cm³/mol. The lowest BCUT2D eigenvalue weighted by Gasteiger charge is -2.19. The normalized spacial score (nSPS) is 12.4. The average molecular weight is 389 g/mol. The molecular weight excluding hydrogens is 368 g/mol. The third kappa shape index (κ3) is 4.66. The van der Waals surface area contributed by atoms with Crippen LogP contribution < -0.4 is 4.74 Å². The van der Waals surface area contributed by atoms with Gasteiger partial charge in [-0.3, -0.25) is 0 Å². The zero-order chi connectivity index (χ0) is 19.4. The fourth-order valence-corrected chi connectivity index (χ4v) is 3.74. The van der Waals surface area contributed by atoms with Crippen molar-refractivity contribution in [2.45, 2.75) is 43.8 Å². The van der Waals surface area contributed by atoms with Crippen molar-refractivity contribution in [3.63, 3.8) is 0 Å². The van der Waals surface area contributed by atoms with Gasteiger partial charge in [-0.15, -0.1) is 10.2 Å². The van der Waals surface area contributed by atoms with Gasteiger partial charge in [0.1, 0.15) is 17.4 Å². The molecule has 2 aromatic carbocycles. The van der Waals surface area contributed by atoms with E-state index >= 15 is 0 Å². The molecule has 0 aliphatic rings. The molecule has 0 radical (unpaired) electrons. The lowest BCUT2D eigenvalue weighted by molar-refractivity contribution is 0.207. The van der Waals surface area contributed by atoms with Crippen LogP contribution in [0.4, 0.5) is 8.78 Å². The quantitative estimate of drug-likeness (QED) is 0.495. The summed E-state index contributed by atoms with van der Waals surface area (Å²) in [6.07, 6.45) is -0.367. The summed E-state index contributed by atoms with van der Waals surface area (Å²) in [5.41, 5.74) is 0.623. The highest BCUT2D eigenvalue weighted by atomic mass is 32.2. The monoisotopic (exact) mass is 389 g/mol. The minimum atomic E-state index is -0.367. The fraction of sp³-hybridized carbons (Fsp3) is 0.300. The molecule has 0 spiro atoms. The molecule has 3 aromatic rings. The van der Waals surface area contributed by atoms with Crippen molar-refractivity contribution in [1.29, 1.82) is 0 Å². The van der Waals surface area contributed by atoms with Gasteiger partial charge in [-0.1, -0.05) is 30.0 Å². The number of thioether (sulfide) groups is 1. The first-order valence-electron chi connectivity index (χ1n) is 8.69. The van der Waals surface area contributed by atoms with Crippen LogP contribution in [0.3, 0.4) is 0 Å². The summed E-state index contributed by atoms with van der Waals surface area (Å²) in [6.45, 7) is 5.94. The van der Waals surface area contributed by atoms with E-state index in [1.165, 1.54) is 30.0 Å². The van der Waals surface area contributed by atoms with Crippen LogP contribution in [0.2, 0.25) is 0 Å². The molecule has 4 nitrogen and oxygen atoms in total. The lowest BCUT2D eigenvalue weighted by atomic mass is 10.2. The third-order valence-electron chi connectivity index (χ3n) is 4.01. The lowest BCUT2D eigenvalue weighted by Crippen LogP contribution is -2.14. The molecule has 0 saturated heterocycles. The molecule has 0 amide bonds. The van der Waals surface area contributed by atoms with Crippen LogP contribution in [-0.4, -0.2) is 14.8 Å². The summed E-state index contributed by atoms with van der Waals surface area (Å²) in [5, 5.41) is 9.26. The van der Waals surface area contributed by atoms with Gasteiger partial charge in [-0.25, -0.2) is 8.78 Å². The highest BCUT2D eigenvalue weighted by Crippen LogP contribution is 2.29. The number of halogens is 2. The minimum absolute atomic E-state index is 0.109. The van der Waals surface area contributed by atoms with Gasteiger partial charge in [0.05, 0.1) is 0 Å². The second-order valence-electron chi connectivity index (χ2n) is 6.40. The number of hydrogen-bond acceptors (Lipinski definition) is 4. The molecule has 0 aliphatic carbocycles. The second-order valence-corrected chi connectivity index (χ2v) is 7.34. The molecule has 1 atom stereocenters. The molecule has 3 rings (SSSR count).